The van der Waals surface area contributed by atoms with E-state index >= 15 is 0 Å². The Hall–Kier alpha value is -1.41. The van der Waals surface area contributed by atoms with Gasteiger partial charge in [-0.15, -0.1) is 11.8 Å². The molecule has 0 bridgehead atoms. The summed E-state index contributed by atoms with van der Waals surface area (Å²) >= 11 is 1.93. The zero-order chi connectivity index (χ0) is 13.5. The first-order valence-electron chi connectivity index (χ1n) is 6.84. The van der Waals surface area contributed by atoms with E-state index in [1.54, 1.807) is 0 Å². The maximum atomic E-state index is 3.42. The first-order chi connectivity index (χ1) is 9.28. The van der Waals surface area contributed by atoms with Crippen molar-refractivity contribution < 1.29 is 0 Å². The van der Waals surface area contributed by atoms with Gasteiger partial charge in [0.25, 0.3) is 0 Å². The van der Waals surface area contributed by atoms with Crippen LogP contribution in [0, 0.1) is 6.92 Å². The SMILES string of the molecule is CCCCSc1ccc(Nc2ccc(C)cc2)cc1. The lowest BCUT2D eigenvalue weighted by Crippen LogP contribution is -1.89. The van der Waals surface area contributed by atoms with E-state index in [9.17, 15) is 0 Å². The predicted molar refractivity (Wildman–Crippen MR) is 86.5 cm³/mol. The average molecular weight is 271 g/mol. The van der Waals surface area contributed by atoms with E-state index in [-0.39, 0.29) is 0 Å². The summed E-state index contributed by atoms with van der Waals surface area (Å²) in [6.45, 7) is 4.33. The molecule has 0 aliphatic heterocycles. The van der Waals surface area contributed by atoms with Crippen molar-refractivity contribution in [3.63, 3.8) is 0 Å². The van der Waals surface area contributed by atoms with Crippen LogP contribution in [0.4, 0.5) is 11.4 Å². The second-order valence-corrected chi connectivity index (χ2v) is 5.89. The molecule has 1 nitrogen and oxygen atoms in total. The van der Waals surface area contributed by atoms with Crippen molar-refractivity contribution in [3.8, 4) is 0 Å². The van der Waals surface area contributed by atoms with Crippen LogP contribution in [0.25, 0.3) is 0 Å². The standard InChI is InChI=1S/C17H21NS/c1-3-4-13-19-17-11-9-16(10-12-17)18-15-7-5-14(2)6-8-15/h5-12,18H,3-4,13H2,1-2H3. The molecule has 0 aliphatic rings. The summed E-state index contributed by atoms with van der Waals surface area (Å²) in [6.07, 6.45) is 2.55. The summed E-state index contributed by atoms with van der Waals surface area (Å²) in [5, 5.41) is 3.42. The van der Waals surface area contributed by atoms with Crippen LogP contribution in [0.5, 0.6) is 0 Å². The molecule has 2 aromatic rings. The van der Waals surface area contributed by atoms with Gasteiger partial charge in [-0.1, -0.05) is 31.0 Å². The average Bonchev–Trinajstić information content (AvgIpc) is 2.44. The van der Waals surface area contributed by atoms with Gasteiger partial charge in [0.2, 0.25) is 0 Å². The molecule has 0 aliphatic carbocycles. The highest BCUT2D eigenvalue weighted by Crippen LogP contribution is 2.23. The Kier molecular flexibility index (Phi) is 5.34. The summed E-state index contributed by atoms with van der Waals surface area (Å²) in [5.41, 5.74) is 3.56. The van der Waals surface area contributed by atoms with Crippen LogP contribution in [0.1, 0.15) is 25.3 Å². The molecule has 0 radical (unpaired) electrons. The van der Waals surface area contributed by atoms with Gasteiger partial charge in [-0.05, 0) is 55.5 Å². The minimum absolute atomic E-state index is 1.14. The number of unbranched alkanes of at least 4 members (excludes halogenated alkanes) is 1. The monoisotopic (exact) mass is 271 g/mol. The van der Waals surface area contributed by atoms with Gasteiger partial charge in [-0.2, -0.15) is 0 Å². The summed E-state index contributed by atoms with van der Waals surface area (Å²) in [6, 6.07) is 17.1. The van der Waals surface area contributed by atoms with Crippen molar-refractivity contribution in [2.45, 2.75) is 31.6 Å². The molecule has 0 saturated heterocycles. The second kappa shape index (κ2) is 7.25. The Morgan fingerprint density at radius 3 is 2.05 bits per heavy atom. The molecule has 19 heavy (non-hydrogen) atoms. The molecule has 100 valence electrons. The lowest BCUT2D eigenvalue weighted by Gasteiger charge is -2.07. The van der Waals surface area contributed by atoms with Crippen LogP contribution in [0.2, 0.25) is 0 Å². The fourth-order valence-corrected chi connectivity index (χ4v) is 2.77. The minimum atomic E-state index is 1.14. The fraction of sp³-hybridized carbons (Fsp3) is 0.294. The third-order valence-electron chi connectivity index (χ3n) is 2.96. The van der Waals surface area contributed by atoms with Gasteiger partial charge < -0.3 is 5.32 Å². The quantitative estimate of drug-likeness (QED) is 0.539. The summed E-state index contributed by atoms with van der Waals surface area (Å²) in [7, 11) is 0. The molecule has 1 N–H and O–H groups in total. The van der Waals surface area contributed by atoms with Gasteiger partial charge in [0.1, 0.15) is 0 Å². The molecule has 2 rings (SSSR count). The van der Waals surface area contributed by atoms with Gasteiger partial charge in [0.05, 0.1) is 0 Å². The molecule has 0 spiro atoms. The van der Waals surface area contributed by atoms with Gasteiger partial charge in [-0.3, -0.25) is 0 Å². The number of hydrogen-bond donors (Lipinski definition) is 1. The zero-order valence-corrected chi connectivity index (χ0v) is 12.5. The van der Waals surface area contributed by atoms with Crippen LogP contribution >= 0.6 is 11.8 Å². The fourth-order valence-electron chi connectivity index (χ4n) is 1.77. The van der Waals surface area contributed by atoms with E-state index in [1.807, 2.05) is 11.8 Å². The molecule has 0 amide bonds. The van der Waals surface area contributed by atoms with Gasteiger partial charge >= 0.3 is 0 Å². The van der Waals surface area contributed by atoms with E-state index in [0.717, 1.165) is 11.4 Å². The number of hydrogen-bond acceptors (Lipinski definition) is 2. The van der Waals surface area contributed by atoms with Gasteiger partial charge in [0, 0.05) is 16.3 Å². The van der Waals surface area contributed by atoms with E-state index in [4.69, 9.17) is 0 Å². The first-order valence-corrected chi connectivity index (χ1v) is 7.83. The van der Waals surface area contributed by atoms with Crippen LogP contribution in [0.15, 0.2) is 53.4 Å². The Bertz CT molecular complexity index is 488. The minimum Gasteiger partial charge on any atom is -0.356 e. The van der Waals surface area contributed by atoms with Gasteiger partial charge in [0.15, 0.2) is 0 Å². The number of benzene rings is 2. The lowest BCUT2D eigenvalue weighted by molar-refractivity contribution is 0.896. The molecule has 0 atom stereocenters. The van der Waals surface area contributed by atoms with Crippen molar-refractivity contribution in [3.05, 3.63) is 54.1 Å². The predicted octanol–water partition coefficient (Wildman–Crippen LogP) is 5.63. The summed E-state index contributed by atoms with van der Waals surface area (Å²) < 4.78 is 0. The number of rotatable bonds is 6. The molecule has 0 aromatic heterocycles. The van der Waals surface area contributed by atoms with E-state index in [0.29, 0.717) is 0 Å². The molecule has 2 heteroatoms. The Morgan fingerprint density at radius 1 is 0.895 bits per heavy atom. The molecular weight excluding hydrogens is 250 g/mol. The van der Waals surface area contributed by atoms with Crippen molar-refractivity contribution in [1.82, 2.24) is 0 Å². The third kappa shape index (κ3) is 4.64. The van der Waals surface area contributed by atoms with E-state index < -0.39 is 0 Å². The van der Waals surface area contributed by atoms with Crippen molar-refractivity contribution in [2.75, 3.05) is 11.1 Å². The number of anilines is 2. The molecular formula is C17H21NS. The lowest BCUT2D eigenvalue weighted by atomic mass is 10.2. The number of nitrogens with one attached hydrogen (secondary N) is 1. The largest absolute Gasteiger partial charge is 0.356 e. The normalized spacial score (nSPS) is 10.4. The second-order valence-electron chi connectivity index (χ2n) is 4.72. The van der Waals surface area contributed by atoms with E-state index in [1.165, 1.54) is 29.1 Å². The van der Waals surface area contributed by atoms with Crippen LogP contribution in [-0.2, 0) is 0 Å². The smallest absolute Gasteiger partial charge is 0.0385 e. The highest BCUT2D eigenvalue weighted by atomic mass is 32.2. The molecule has 0 saturated carbocycles. The van der Waals surface area contributed by atoms with Gasteiger partial charge in [-0.25, -0.2) is 0 Å². The van der Waals surface area contributed by atoms with Crippen LogP contribution < -0.4 is 5.32 Å². The molecule has 0 fully saturated rings. The van der Waals surface area contributed by atoms with E-state index in [2.05, 4.69) is 67.7 Å². The molecule has 2 aromatic carbocycles. The third-order valence-corrected chi connectivity index (χ3v) is 4.06. The molecule has 0 heterocycles. The summed E-state index contributed by atoms with van der Waals surface area (Å²) in [4.78, 5) is 1.35. The Morgan fingerprint density at radius 2 is 1.47 bits per heavy atom. The Balaban J connectivity index is 1.92. The topological polar surface area (TPSA) is 12.0 Å². The zero-order valence-electron chi connectivity index (χ0n) is 11.6. The maximum Gasteiger partial charge on any atom is 0.0385 e. The van der Waals surface area contributed by atoms with Crippen molar-refractivity contribution in [2.24, 2.45) is 0 Å². The highest BCUT2D eigenvalue weighted by molar-refractivity contribution is 7.99. The highest BCUT2D eigenvalue weighted by Gasteiger charge is 1.96. The van der Waals surface area contributed by atoms with Crippen LogP contribution in [0.3, 0.4) is 0 Å². The van der Waals surface area contributed by atoms with Crippen molar-refractivity contribution in [1.29, 1.82) is 0 Å². The molecule has 0 unspecified atom stereocenters. The van der Waals surface area contributed by atoms with Crippen LogP contribution in [-0.4, -0.2) is 5.75 Å². The summed E-state index contributed by atoms with van der Waals surface area (Å²) in [5.74, 6) is 1.21. The van der Waals surface area contributed by atoms with Crippen molar-refractivity contribution >= 4 is 23.1 Å². The number of aryl methyl sites for hydroxylation is 1. The maximum absolute atomic E-state index is 3.42. The Labute approximate surface area is 120 Å². The number of thioether (sulfide) groups is 1. The first kappa shape index (κ1) is 14.0.